The summed E-state index contributed by atoms with van der Waals surface area (Å²) >= 11 is 4.61. The van der Waals surface area contributed by atoms with Crippen molar-refractivity contribution >= 4 is 67.4 Å². The Morgan fingerprint density at radius 3 is 2.75 bits per heavy atom. The Balaban J connectivity index is 1.73. The maximum absolute atomic E-state index is 12.5. The Hall–Kier alpha value is -3.37. The number of fused-ring (bicyclic) bond motifs is 1. The van der Waals surface area contributed by atoms with E-state index in [0.717, 1.165) is 21.6 Å². The van der Waals surface area contributed by atoms with Gasteiger partial charge in [-0.2, -0.15) is 0 Å². The van der Waals surface area contributed by atoms with E-state index in [2.05, 4.69) is 31.2 Å². The van der Waals surface area contributed by atoms with Crippen LogP contribution in [0.2, 0.25) is 0 Å². The SMILES string of the molecule is COc1ccc(/C=C2\SC(=Nc3ccc(Br)c4cccnc34)NC2=O)c(C(=O)O)c1OC. The molecule has 1 aliphatic rings. The largest absolute Gasteiger partial charge is 0.493 e. The maximum Gasteiger partial charge on any atom is 0.340 e. The molecular formula is C22H16BrN3O5S. The van der Waals surface area contributed by atoms with E-state index in [1.807, 2.05) is 18.2 Å². The summed E-state index contributed by atoms with van der Waals surface area (Å²) in [4.78, 5) is 33.7. The van der Waals surface area contributed by atoms with Crippen LogP contribution in [0.4, 0.5) is 5.69 Å². The van der Waals surface area contributed by atoms with Gasteiger partial charge in [0.05, 0.1) is 30.3 Å². The second-order valence-electron chi connectivity index (χ2n) is 6.52. The molecule has 2 N–H and O–H groups in total. The summed E-state index contributed by atoms with van der Waals surface area (Å²) in [5, 5.41) is 13.7. The van der Waals surface area contributed by atoms with Crippen LogP contribution in [0.1, 0.15) is 15.9 Å². The van der Waals surface area contributed by atoms with Crippen LogP contribution in [0.25, 0.3) is 17.0 Å². The van der Waals surface area contributed by atoms with E-state index < -0.39 is 5.97 Å². The van der Waals surface area contributed by atoms with E-state index in [1.54, 1.807) is 24.4 Å². The van der Waals surface area contributed by atoms with Crippen LogP contribution in [0.3, 0.4) is 0 Å². The summed E-state index contributed by atoms with van der Waals surface area (Å²) in [5.74, 6) is -1.21. The summed E-state index contributed by atoms with van der Waals surface area (Å²) in [6.07, 6.45) is 3.17. The summed E-state index contributed by atoms with van der Waals surface area (Å²) in [6.45, 7) is 0. The van der Waals surface area contributed by atoms with Gasteiger partial charge in [-0.1, -0.05) is 28.1 Å². The fourth-order valence-electron chi connectivity index (χ4n) is 3.23. The summed E-state index contributed by atoms with van der Waals surface area (Å²) in [5.41, 5.74) is 1.51. The Bertz CT molecular complexity index is 1320. The molecule has 4 rings (SSSR count). The number of hydrogen-bond donors (Lipinski definition) is 2. The van der Waals surface area contributed by atoms with Gasteiger partial charge in [-0.25, -0.2) is 9.79 Å². The van der Waals surface area contributed by atoms with Gasteiger partial charge in [-0.05, 0) is 47.7 Å². The number of aromatic carboxylic acids is 1. The molecule has 1 aromatic heterocycles. The number of rotatable bonds is 5. The lowest BCUT2D eigenvalue weighted by atomic mass is 10.0. The molecule has 0 radical (unpaired) electrons. The van der Waals surface area contributed by atoms with Crippen LogP contribution in [-0.2, 0) is 4.79 Å². The Labute approximate surface area is 195 Å². The number of pyridine rings is 1. The lowest BCUT2D eigenvalue weighted by molar-refractivity contribution is -0.115. The first-order valence-electron chi connectivity index (χ1n) is 9.24. The molecule has 3 aromatic rings. The predicted molar refractivity (Wildman–Crippen MR) is 127 cm³/mol. The Morgan fingerprint density at radius 1 is 1.22 bits per heavy atom. The molecule has 0 aliphatic carbocycles. The topological polar surface area (TPSA) is 110 Å². The zero-order valence-electron chi connectivity index (χ0n) is 16.9. The molecule has 0 bridgehead atoms. The van der Waals surface area contributed by atoms with E-state index in [4.69, 9.17) is 9.47 Å². The highest BCUT2D eigenvalue weighted by atomic mass is 79.9. The standard InChI is InChI=1S/C22H16BrN3O5S/c1-30-15-8-5-11(17(21(28)29)19(15)31-2)10-16-20(27)26-22(32-16)25-14-7-6-13(23)12-4-3-9-24-18(12)14/h3-10H,1-2H3,(H,28,29)(H,25,26,27)/b16-10-. The van der Waals surface area contributed by atoms with Gasteiger partial charge in [0.15, 0.2) is 16.7 Å². The molecule has 0 spiro atoms. The zero-order valence-corrected chi connectivity index (χ0v) is 19.3. The van der Waals surface area contributed by atoms with Crippen molar-refractivity contribution in [3.8, 4) is 11.5 Å². The number of nitrogens with zero attached hydrogens (tertiary/aromatic N) is 2. The molecule has 8 nitrogen and oxygen atoms in total. The highest BCUT2D eigenvalue weighted by molar-refractivity contribution is 9.10. The van der Waals surface area contributed by atoms with Crippen LogP contribution in [0, 0.1) is 0 Å². The molecule has 162 valence electrons. The molecule has 1 saturated heterocycles. The lowest BCUT2D eigenvalue weighted by Crippen LogP contribution is -2.19. The zero-order chi connectivity index (χ0) is 22.8. The number of carboxylic acid groups (broad SMARTS) is 1. The van der Waals surface area contributed by atoms with Crippen LogP contribution < -0.4 is 14.8 Å². The molecule has 0 atom stereocenters. The summed E-state index contributed by atoms with van der Waals surface area (Å²) < 4.78 is 11.3. The van der Waals surface area contributed by atoms with Gasteiger partial charge in [0, 0.05) is 16.1 Å². The molecule has 1 aliphatic heterocycles. The van der Waals surface area contributed by atoms with E-state index in [1.165, 1.54) is 20.3 Å². The van der Waals surface area contributed by atoms with Crippen LogP contribution >= 0.6 is 27.7 Å². The third kappa shape index (κ3) is 4.06. The van der Waals surface area contributed by atoms with Crippen molar-refractivity contribution in [1.82, 2.24) is 10.3 Å². The highest BCUT2D eigenvalue weighted by Crippen LogP contribution is 2.37. The van der Waals surface area contributed by atoms with Crippen LogP contribution in [0.15, 0.2) is 57.0 Å². The molecule has 0 saturated carbocycles. The minimum atomic E-state index is -1.20. The van der Waals surface area contributed by atoms with Crippen molar-refractivity contribution in [2.45, 2.75) is 0 Å². The average Bonchev–Trinajstić information content (AvgIpc) is 3.13. The molecule has 2 aromatic carbocycles. The monoisotopic (exact) mass is 513 g/mol. The van der Waals surface area contributed by atoms with Gasteiger partial charge >= 0.3 is 5.97 Å². The van der Waals surface area contributed by atoms with Gasteiger partial charge in [-0.3, -0.25) is 9.78 Å². The van der Waals surface area contributed by atoms with E-state index in [9.17, 15) is 14.7 Å². The number of methoxy groups -OCH3 is 2. The van der Waals surface area contributed by atoms with Crippen molar-refractivity contribution in [2.24, 2.45) is 4.99 Å². The Morgan fingerprint density at radius 2 is 2.03 bits per heavy atom. The second kappa shape index (κ2) is 9.01. The molecule has 0 unspecified atom stereocenters. The third-order valence-electron chi connectivity index (χ3n) is 4.65. The molecule has 1 fully saturated rings. The number of ether oxygens (including phenoxy) is 2. The van der Waals surface area contributed by atoms with Crippen molar-refractivity contribution in [3.05, 3.63) is 63.1 Å². The number of amidine groups is 1. The third-order valence-corrected chi connectivity index (χ3v) is 6.25. The second-order valence-corrected chi connectivity index (χ2v) is 8.40. The van der Waals surface area contributed by atoms with Crippen molar-refractivity contribution in [1.29, 1.82) is 0 Å². The summed E-state index contributed by atoms with van der Waals surface area (Å²) in [6, 6.07) is 10.6. The number of halogens is 1. The highest BCUT2D eigenvalue weighted by Gasteiger charge is 2.26. The molecular weight excluding hydrogens is 498 g/mol. The number of carboxylic acids is 1. The van der Waals surface area contributed by atoms with E-state index >= 15 is 0 Å². The van der Waals surface area contributed by atoms with Gasteiger partial charge < -0.3 is 19.9 Å². The number of nitrogens with one attached hydrogen (secondary N) is 1. The predicted octanol–water partition coefficient (Wildman–Crippen LogP) is 4.60. The number of amides is 1. The fraction of sp³-hybridized carbons (Fsp3) is 0.0909. The van der Waals surface area contributed by atoms with Crippen molar-refractivity contribution in [2.75, 3.05) is 14.2 Å². The number of carbonyl (C=O) groups excluding carboxylic acids is 1. The smallest absolute Gasteiger partial charge is 0.340 e. The molecule has 10 heteroatoms. The minimum Gasteiger partial charge on any atom is -0.493 e. The number of aliphatic imine (C=N–C) groups is 1. The van der Waals surface area contributed by atoms with Gasteiger partial charge in [0.25, 0.3) is 5.91 Å². The summed E-state index contributed by atoms with van der Waals surface area (Å²) in [7, 11) is 2.78. The normalized spacial score (nSPS) is 15.9. The maximum atomic E-state index is 12.5. The average molecular weight is 514 g/mol. The number of thioether (sulfide) groups is 1. The number of aromatic nitrogens is 1. The van der Waals surface area contributed by atoms with E-state index in [-0.39, 0.29) is 23.0 Å². The number of carbonyl (C=O) groups is 2. The minimum absolute atomic E-state index is 0.0825. The van der Waals surface area contributed by atoms with Gasteiger partial charge in [0.2, 0.25) is 0 Å². The molecule has 2 heterocycles. The van der Waals surface area contributed by atoms with Gasteiger partial charge in [0.1, 0.15) is 5.56 Å². The number of benzene rings is 2. The van der Waals surface area contributed by atoms with Crippen LogP contribution in [0.5, 0.6) is 11.5 Å². The van der Waals surface area contributed by atoms with Crippen LogP contribution in [-0.4, -0.2) is 41.4 Å². The first kappa shape index (κ1) is 21.8. The molecule has 1 amide bonds. The molecule has 32 heavy (non-hydrogen) atoms. The van der Waals surface area contributed by atoms with Gasteiger partial charge in [-0.15, -0.1) is 0 Å². The van der Waals surface area contributed by atoms with Crippen molar-refractivity contribution < 1.29 is 24.2 Å². The Kier molecular flexibility index (Phi) is 6.15. The number of hydrogen-bond acceptors (Lipinski definition) is 7. The lowest BCUT2D eigenvalue weighted by Gasteiger charge is -2.12. The first-order chi connectivity index (χ1) is 15.4. The quantitative estimate of drug-likeness (QED) is 0.479. The first-order valence-corrected chi connectivity index (χ1v) is 10.8. The van der Waals surface area contributed by atoms with E-state index in [0.29, 0.717) is 26.8 Å². The van der Waals surface area contributed by atoms with Crippen molar-refractivity contribution in [3.63, 3.8) is 0 Å². The fourth-order valence-corrected chi connectivity index (χ4v) is 4.51.